The average Bonchev–Trinajstić information content (AvgIpc) is 2.28. The Kier molecular flexibility index (Phi) is 3.24. The van der Waals surface area contributed by atoms with Crippen LogP contribution in [0.1, 0.15) is 18.5 Å². The number of aromatic nitrogens is 2. The molecule has 88 valence electrons. The average molecular weight is 222 g/mol. The summed E-state index contributed by atoms with van der Waals surface area (Å²) < 4.78 is 5.35. The van der Waals surface area contributed by atoms with Crippen LogP contribution >= 0.6 is 0 Å². The number of anilines is 2. The Hall–Kier alpha value is -1.36. The fourth-order valence-corrected chi connectivity index (χ4v) is 2.01. The highest BCUT2D eigenvalue weighted by Gasteiger charge is 2.19. The quantitative estimate of drug-likeness (QED) is 0.808. The van der Waals surface area contributed by atoms with Crippen LogP contribution in [0.15, 0.2) is 6.07 Å². The molecule has 1 aliphatic rings. The van der Waals surface area contributed by atoms with Crippen molar-refractivity contribution in [2.75, 3.05) is 30.9 Å². The second kappa shape index (κ2) is 4.65. The molecule has 0 aliphatic carbocycles. The number of hydrogen-bond donors (Lipinski definition) is 1. The Morgan fingerprint density at radius 3 is 2.69 bits per heavy atom. The number of nitrogen functional groups attached to an aromatic ring is 1. The summed E-state index contributed by atoms with van der Waals surface area (Å²) in [6.45, 7) is 3.59. The largest absolute Gasteiger partial charge is 0.381 e. The molecule has 1 saturated heterocycles. The van der Waals surface area contributed by atoms with E-state index in [-0.39, 0.29) is 0 Å². The molecule has 0 spiro atoms. The summed E-state index contributed by atoms with van der Waals surface area (Å²) in [7, 11) is 2.05. The molecule has 0 amide bonds. The molecule has 2 rings (SSSR count). The zero-order valence-electron chi connectivity index (χ0n) is 9.81. The van der Waals surface area contributed by atoms with E-state index in [4.69, 9.17) is 10.5 Å². The topological polar surface area (TPSA) is 64.3 Å². The van der Waals surface area contributed by atoms with Crippen molar-refractivity contribution in [2.24, 2.45) is 0 Å². The maximum Gasteiger partial charge on any atom is 0.222 e. The highest BCUT2D eigenvalue weighted by Crippen LogP contribution is 2.20. The highest BCUT2D eigenvalue weighted by atomic mass is 16.5. The smallest absolute Gasteiger partial charge is 0.222 e. The van der Waals surface area contributed by atoms with E-state index in [2.05, 4.69) is 21.9 Å². The molecule has 16 heavy (non-hydrogen) atoms. The van der Waals surface area contributed by atoms with Gasteiger partial charge in [0.1, 0.15) is 5.82 Å². The molecule has 1 fully saturated rings. The lowest BCUT2D eigenvalue weighted by atomic mass is 10.1. The molecule has 0 radical (unpaired) electrons. The molecule has 1 aliphatic heterocycles. The van der Waals surface area contributed by atoms with Gasteiger partial charge in [0.25, 0.3) is 0 Å². The van der Waals surface area contributed by atoms with Crippen LogP contribution in [0.4, 0.5) is 11.8 Å². The first-order valence-corrected chi connectivity index (χ1v) is 5.58. The Morgan fingerprint density at radius 1 is 1.38 bits per heavy atom. The molecular formula is C11H18N4O. The zero-order valence-corrected chi connectivity index (χ0v) is 9.81. The second-order valence-corrected chi connectivity index (χ2v) is 4.18. The number of ether oxygens (including phenoxy) is 1. The van der Waals surface area contributed by atoms with Crippen LogP contribution in [-0.4, -0.2) is 36.3 Å². The fourth-order valence-electron chi connectivity index (χ4n) is 2.01. The van der Waals surface area contributed by atoms with E-state index in [0.29, 0.717) is 12.0 Å². The number of nitrogens with two attached hydrogens (primary N) is 1. The van der Waals surface area contributed by atoms with Crippen LogP contribution in [0.5, 0.6) is 0 Å². The van der Waals surface area contributed by atoms with Crippen molar-refractivity contribution in [1.29, 1.82) is 0 Å². The van der Waals surface area contributed by atoms with E-state index < -0.39 is 0 Å². The molecule has 1 aromatic rings. The van der Waals surface area contributed by atoms with Crippen LogP contribution in [0.25, 0.3) is 0 Å². The van der Waals surface area contributed by atoms with Crippen LogP contribution < -0.4 is 10.6 Å². The Morgan fingerprint density at radius 2 is 2.06 bits per heavy atom. The monoisotopic (exact) mass is 222 g/mol. The van der Waals surface area contributed by atoms with Gasteiger partial charge in [0, 0.05) is 38.1 Å². The Labute approximate surface area is 95.6 Å². The summed E-state index contributed by atoms with van der Waals surface area (Å²) >= 11 is 0. The summed E-state index contributed by atoms with van der Waals surface area (Å²) in [6.07, 6.45) is 2.08. The zero-order chi connectivity index (χ0) is 11.5. The van der Waals surface area contributed by atoms with Crippen molar-refractivity contribution in [2.45, 2.75) is 25.8 Å². The summed E-state index contributed by atoms with van der Waals surface area (Å²) in [6, 6.07) is 2.45. The molecule has 0 bridgehead atoms. The molecule has 0 saturated carbocycles. The van der Waals surface area contributed by atoms with Crippen molar-refractivity contribution in [3.63, 3.8) is 0 Å². The standard InChI is InChI=1S/C11H18N4O/c1-8-7-10(14-11(12)13-8)15(2)9-3-5-16-6-4-9/h7,9H,3-6H2,1-2H3,(H2,12,13,14). The van der Waals surface area contributed by atoms with Gasteiger partial charge in [-0.2, -0.15) is 4.98 Å². The van der Waals surface area contributed by atoms with E-state index in [0.717, 1.165) is 37.6 Å². The van der Waals surface area contributed by atoms with Crippen LogP contribution in [-0.2, 0) is 4.74 Å². The second-order valence-electron chi connectivity index (χ2n) is 4.18. The fraction of sp³-hybridized carbons (Fsp3) is 0.636. The van der Waals surface area contributed by atoms with E-state index >= 15 is 0 Å². The molecule has 1 aromatic heterocycles. The molecule has 5 heteroatoms. The van der Waals surface area contributed by atoms with Crippen molar-refractivity contribution < 1.29 is 4.74 Å². The molecule has 0 unspecified atom stereocenters. The van der Waals surface area contributed by atoms with E-state index in [1.54, 1.807) is 0 Å². The first-order valence-electron chi connectivity index (χ1n) is 5.58. The van der Waals surface area contributed by atoms with Gasteiger partial charge in [-0.25, -0.2) is 4.98 Å². The molecular weight excluding hydrogens is 204 g/mol. The van der Waals surface area contributed by atoms with Gasteiger partial charge in [-0.15, -0.1) is 0 Å². The third-order valence-electron chi connectivity index (χ3n) is 2.96. The summed E-state index contributed by atoms with van der Waals surface area (Å²) in [5.74, 6) is 1.24. The first-order chi connectivity index (χ1) is 7.66. The van der Waals surface area contributed by atoms with Gasteiger partial charge in [-0.1, -0.05) is 0 Å². The Balaban J connectivity index is 2.15. The third-order valence-corrected chi connectivity index (χ3v) is 2.96. The predicted molar refractivity (Wildman–Crippen MR) is 63.4 cm³/mol. The van der Waals surface area contributed by atoms with Gasteiger partial charge in [-0.05, 0) is 19.8 Å². The van der Waals surface area contributed by atoms with Crippen LogP contribution in [0.2, 0.25) is 0 Å². The SMILES string of the molecule is Cc1cc(N(C)C2CCOCC2)nc(N)n1. The lowest BCUT2D eigenvalue weighted by Gasteiger charge is -2.32. The van der Waals surface area contributed by atoms with E-state index in [1.807, 2.05) is 13.0 Å². The van der Waals surface area contributed by atoms with Gasteiger partial charge < -0.3 is 15.4 Å². The maximum atomic E-state index is 5.65. The van der Waals surface area contributed by atoms with Crippen LogP contribution in [0.3, 0.4) is 0 Å². The minimum absolute atomic E-state index is 0.342. The lowest BCUT2D eigenvalue weighted by molar-refractivity contribution is 0.0853. The van der Waals surface area contributed by atoms with Gasteiger partial charge in [0.2, 0.25) is 5.95 Å². The van der Waals surface area contributed by atoms with Gasteiger partial charge in [0.05, 0.1) is 0 Å². The number of rotatable bonds is 2. The lowest BCUT2D eigenvalue weighted by Crippen LogP contribution is -2.37. The van der Waals surface area contributed by atoms with Gasteiger partial charge in [0.15, 0.2) is 0 Å². The van der Waals surface area contributed by atoms with Crippen molar-refractivity contribution in [3.8, 4) is 0 Å². The predicted octanol–water partition coefficient (Wildman–Crippen LogP) is 0.982. The number of hydrogen-bond acceptors (Lipinski definition) is 5. The minimum Gasteiger partial charge on any atom is -0.381 e. The minimum atomic E-state index is 0.342. The third kappa shape index (κ3) is 2.41. The van der Waals surface area contributed by atoms with Gasteiger partial charge >= 0.3 is 0 Å². The molecule has 2 heterocycles. The van der Waals surface area contributed by atoms with Crippen LogP contribution in [0, 0.1) is 6.92 Å². The van der Waals surface area contributed by atoms with Crippen molar-refractivity contribution in [3.05, 3.63) is 11.8 Å². The van der Waals surface area contributed by atoms with E-state index in [9.17, 15) is 0 Å². The normalized spacial score (nSPS) is 17.4. The maximum absolute atomic E-state index is 5.65. The van der Waals surface area contributed by atoms with E-state index in [1.165, 1.54) is 0 Å². The number of nitrogens with zero attached hydrogens (tertiary/aromatic N) is 3. The molecule has 0 atom stereocenters. The summed E-state index contributed by atoms with van der Waals surface area (Å²) in [5, 5.41) is 0. The first kappa shape index (κ1) is 11.1. The van der Waals surface area contributed by atoms with Gasteiger partial charge in [-0.3, -0.25) is 0 Å². The summed E-state index contributed by atoms with van der Waals surface area (Å²) in [5.41, 5.74) is 6.56. The van der Waals surface area contributed by atoms with Crippen molar-refractivity contribution in [1.82, 2.24) is 9.97 Å². The Bertz CT molecular complexity index is 343. The van der Waals surface area contributed by atoms with Crippen molar-refractivity contribution >= 4 is 11.8 Å². The highest BCUT2D eigenvalue weighted by molar-refractivity contribution is 5.43. The number of aryl methyl sites for hydroxylation is 1. The summed E-state index contributed by atoms with van der Waals surface area (Å²) in [4.78, 5) is 10.5. The molecule has 0 aromatic carbocycles. The molecule has 5 nitrogen and oxygen atoms in total. The molecule has 2 N–H and O–H groups in total.